The average molecular weight is 612 g/mol. The number of fused-ring (bicyclic) bond motifs is 1. The molecule has 2 aliphatic rings. The van der Waals surface area contributed by atoms with E-state index >= 15 is 0 Å². The van der Waals surface area contributed by atoms with E-state index in [9.17, 15) is 26.4 Å². The van der Waals surface area contributed by atoms with Crippen LogP contribution >= 0.6 is 11.3 Å². The van der Waals surface area contributed by atoms with Crippen molar-refractivity contribution in [3.8, 4) is 0 Å². The standard InChI is InChI=1S/C26H32F3N7O3S2/c1-16(32-22-19-8-5-9-20(26(27,28)29)21(19)30-15-31-22)14-35-10-12-36(13-11-35)41(38,39)24-17(2)33-25(40-24)34-23(37)18-6-3-4-7-18/h5,8-9,15-16,18H,3-4,6-7,10-14H2,1-2H3,(H,30,31,32)(H,33,34,37)/t16-/m0/s1. The molecule has 2 aromatic heterocycles. The first-order valence-corrected chi connectivity index (χ1v) is 15.8. The lowest BCUT2D eigenvalue weighted by Crippen LogP contribution is -2.50. The second-order valence-corrected chi connectivity index (χ2v) is 13.7. The third-order valence-electron chi connectivity index (χ3n) is 7.50. The van der Waals surface area contributed by atoms with Crippen LogP contribution in [0.4, 0.5) is 24.1 Å². The van der Waals surface area contributed by atoms with Crippen molar-refractivity contribution in [2.24, 2.45) is 5.92 Å². The van der Waals surface area contributed by atoms with E-state index in [4.69, 9.17) is 0 Å². The Morgan fingerprint density at radius 2 is 1.85 bits per heavy atom. The van der Waals surface area contributed by atoms with Crippen LogP contribution in [0.3, 0.4) is 0 Å². The minimum absolute atomic E-state index is 0.0466. The molecule has 1 saturated carbocycles. The summed E-state index contributed by atoms with van der Waals surface area (Å²) in [5.74, 6) is 0.160. The van der Waals surface area contributed by atoms with E-state index in [1.807, 2.05) is 6.92 Å². The number of amides is 1. The fourth-order valence-corrected chi connectivity index (χ4v) is 8.41. The lowest BCUT2D eigenvalue weighted by atomic mass is 10.1. The topological polar surface area (TPSA) is 120 Å². The van der Waals surface area contributed by atoms with Crippen LogP contribution in [-0.2, 0) is 21.0 Å². The number of piperazine rings is 1. The van der Waals surface area contributed by atoms with Gasteiger partial charge in [0.25, 0.3) is 10.0 Å². The molecule has 1 amide bonds. The van der Waals surface area contributed by atoms with Crippen molar-refractivity contribution in [3.63, 3.8) is 0 Å². The highest BCUT2D eigenvalue weighted by molar-refractivity contribution is 7.91. The van der Waals surface area contributed by atoms with Gasteiger partial charge in [-0.25, -0.2) is 23.4 Å². The molecule has 1 aliphatic heterocycles. The molecule has 3 aromatic rings. The second kappa shape index (κ2) is 11.8. The van der Waals surface area contributed by atoms with Crippen molar-refractivity contribution in [1.82, 2.24) is 24.2 Å². The van der Waals surface area contributed by atoms with Gasteiger partial charge in [-0.05, 0) is 38.8 Å². The van der Waals surface area contributed by atoms with E-state index in [2.05, 4.69) is 30.5 Å². The number of carbonyl (C=O) groups is 1. The number of thiazole rings is 1. The first kappa shape index (κ1) is 29.6. The van der Waals surface area contributed by atoms with Crippen LogP contribution in [0.15, 0.2) is 28.7 Å². The molecule has 1 aromatic carbocycles. The summed E-state index contributed by atoms with van der Waals surface area (Å²) in [6.07, 6.45) is 0.317. The molecule has 3 heterocycles. The van der Waals surface area contributed by atoms with Gasteiger partial charge in [0, 0.05) is 50.1 Å². The van der Waals surface area contributed by atoms with Crippen LogP contribution in [0.2, 0.25) is 0 Å². The van der Waals surface area contributed by atoms with Gasteiger partial charge < -0.3 is 10.6 Å². The molecule has 41 heavy (non-hydrogen) atoms. The number of halogens is 3. The third-order valence-corrected chi connectivity index (χ3v) is 11.1. The van der Waals surface area contributed by atoms with Gasteiger partial charge in [-0.15, -0.1) is 0 Å². The van der Waals surface area contributed by atoms with E-state index in [0.29, 0.717) is 36.3 Å². The Kier molecular flexibility index (Phi) is 8.51. The van der Waals surface area contributed by atoms with Gasteiger partial charge in [0.2, 0.25) is 5.91 Å². The van der Waals surface area contributed by atoms with Gasteiger partial charge in [-0.3, -0.25) is 9.69 Å². The molecule has 15 heteroatoms. The van der Waals surface area contributed by atoms with E-state index < -0.39 is 21.8 Å². The van der Waals surface area contributed by atoms with Crippen molar-refractivity contribution < 1.29 is 26.4 Å². The van der Waals surface area contributed by atoms with Crippen LogP contribution in [0.1, 0.15) is 43.9 Å². The monoisotopic (exact) mass is 611 g/mol. The highest BCUT2D eigenvalue weighted by atomic mass is 32.2. The summed E-state index contributed by atoms with van der Waals surface area (Å²) >= 11 is 0.984. The zero-order valence-corrected chi connectivity index (χ0v) is 24.4. The molecule has 2 N–H and O–H groups in total. The Hall–Kier alpha value is -2.88. The molecule has 2 fully saturated rings. The second-order valence-electron chi connectivity index (χ2n) is 10.5. The number of aromatic nitrogens is 3. The number of carbonyl (C=O) groups excluding carboxylic acids is 1. The lowest BCUT2D eigenvalue weighted by molar-refractivity contribution is -0.136. The predicted octanol–water partition coefficient (Wildman–Crippen LogP) is 4.35. The molecular formula is C26H32F3N7O3S2. The summed E-state index contributed by atoms with van der Waals surface area (Å²) < 4.78 is 68.7. The Bertz CT molecular complexity index is 1520. The number of rotatable bonds is 8. The van der Waals surface area contributed by atoms with Gasteiger partial charge in [-0.1, -0.05) is 30.2 Å². The number of alkyl halides is 3. The third kappa shape index (κ3) is 6.47. The molecule has 10 nitrogen and oxygen atoms in total. The van der Waals surface area contributed by atoms with Crippen LogP contribution in [0.5, 0.6) is 0 Å². The van der Waals surface area contributed by atoms with E-state index in [1.54, 1.807) is 13.0 Å². The van der Waals surface area contributed by atoms with Crippen molar-refractivity contribution >= 4 is 49.1 Å². The van der Waals surface area contributed by atoms with Gasteiger partial charge in [-0.2, -0.15) is 17.5 Å². The number of aryl methyl sites for hydroxylation is 1. The van der Waals surface area contributed by atoms with E-state index in [0.717, 1.165) is 49.4 Å². The number of anilines is 2. The first-order chi connectivity index (χ1) is 19.4. The number of hydrogen-bond acceptors (Lipinski definition) is 9. The van der Waals surface area contributed by atoms with E-state index in [-0.39, 0.29) is 46.1 Å². The Morgan fingerprint density at radius 1 is 1.15 bits per heavy atom. The van der Waals surface area contributed by atoms with Crippen molar-refractivity contribution in [2.75, 3.05) is 43.4 Å². The van der Waals surface area contributed by atoms with Crippen LogP contribution in [0.25, 0.3) is 10.9 Å². The molecule has 5 rings (SSSR count). The van der Waals surface area contributed by atoms with Crippen LogP contribution in [-0.4, -0.2) is 77.2 Å². The average Bonchev–Trinajstić information content (AvgIpc) is 3.59. The largest absolute Gasteiger partial charge is 0.418 e. The highest BCUT2D eigenvalue weighted by Crippen LogP contribution is 2.35. The molecular weight excluding hydrogens is 579 g/mol. The molecule has 0 bridgehead atoms. The maximum atomic E-state index is 13.4. The fourth-order valence-electron chi connectivity index (χ4n) is 5.44. The van der Waals surface area contributed by atoms with E-state index in [1.165, 1.54) is 10.4 Å². The summed E-state index contributed by atoms with van der Waals surface area (Å²) in [5.41, 5.74) is -0.615. The molecule has 1 atom stereocenters. The summed E-state index contributed by atoms with van der Waals surface area (Å²) in [6.45, 7) is 5.59. The summed E-state index contributed by atoms with van der Waals surface area (Å²) in [6, 6.07) is 3.70. The number of nitrogens with zero attached hydrogens (tertiary/aromatic N) is 5. The number of benzene rings is 1. The van der Waals surface area contributed by atoms with Gasteiger partial charge >= 0.3 is 6.18 Å². The number of nitrogens with one attached hydrogen (secondary N) is 2. The number of sulfonamides is 1. The first-order valence-electron chi connectivity index (χ1n) is 13.5. The van der Waals surface area contributed by atoms with Gasteiger partial charge in [0.15, 0.2) is 9.34 Å². The lowest BCUT2D eigenvalue weighted by Gasteiger charge is -2.35. The SMILES string of the molecule is Cc1nc(NC(=O)C2CCCC2)sc1S(=O)(=O)N1CCN(C[C@H](C)Nc2ncnc3c(C(F)(F)F)cccc23)CC1. The Labute approximate surface area is 240 Å². The summed E-state index contributed by atoms with van der Waals surface area (Å²) in [5, 5.41) is 6.57. The maximum absolute atomic E-state index is 13.4. The predicted molar refractivity (Wildman–Crippen MR) is 150 cm³/mol. The normalized spacial score (nSPS) is 18.6. The van der Waals surface area contributed by atoms with Crippen LogP contribution < -0.4 is 10.6 Å². The van der Waals surface area contributed by atoms with Crippen LogP contribution in [0, 0.1) is 12.8 Å². The number of para-hydroxylation sites is 1. The molecule has 222 valence electrons. The molecule has 0 radical (unpaired) electrons. The Morgan fingerprint density at radius 3 is 2.54 bits per heavy atom. The minimum Gasteiger partial charge on any atom is -0.366 e. The van der Waals surface area contributed by atoms with Gasteiger partial charge in [0.05, 0.1) is 16.8 Å². The smallest absolute Gasteiger partial charge is 0.366 e. The summed E-state index contributed by atoms with van der Waals surface area (Å²) in [4.78, 5) is 26.9. The molecule has 1 saturated heterocycles. The molecule has 0 unspecified atom stereocenters. The number of hydrogen-bond donors (Lipinski definition) is 2. The quantitative estimate of drug-likeness (QED) is 0.386. The van der Waals surface area contributed by atoms with Gasteiger partial charge in [0.1, 0.15) is 12.1 Å². The molecule has 0 spiro atoms. The summed E-state index contributed by atoms with van der Waals surface area (Å²) in [7, 11) is -3.78. The maximum Gasteiger partial charge on any atom is 0.418 e. The fraction of sp³-hybridized carbons (Fsp3) is 0.538. The zero-order chi connectivity index (χ0) is 29.4. The van der Waals surface area contributed by atoms with Crippen molar-refractivity contribution in [2.45, 2.75) is 56.0 Å². The van der Waals surface area contributed by atoms with Crippen molar-refractivity contribution in [1.29, 1.82) is 0 Å². The minimum atomic E-state index is -4.53. The molecule has 1 aliphatic carbocycles. The van der Waals surface area contributed by atoms with Crippen molar-refractivity contribution in [3.05, 3.63) is 35.8 Å². The highest BCUT2D eigenvalue weighted by Gasteiger charge is 2.35. The zero-order valence-electron chi connectivity index (χ0n) is 22.7. The Balaban J connectivity index is 1.18.